The lowest BCUT2D eigenvalue weighted by Crippen LogP contribution is -2.28. The number of fused-ring (bicyclic) bond motifs is 1. The second kappa shape index (κ2) is 8.09. The summed E-state index contributed by atoms with van der Waals surface area (Å²) >= 11 is 0. The normalized spacial score (nSPS) is 12.8. The third-order valence-electron chi connectivity index (χ3n) is 6.35. The van der Waals surface area contributed by atoms with E-state index in [0.29, 0.717) is 24.5 Å². The van der Waals surface area contributed by atoms with E-state index in [1.807, 2.05) is 45.9 Å². The highest BCUT2D eigenvalue weighted by Gasteiger charge is 2.33. The number of aryl methyl sites for hydroxylation is 2. The van der Waals surface area contributed by atoms with Crippen molar-refractivity contribution in [1.29, 1.82) is 0 Å². The number of benzene rings is 2. The molecule has 1 amide bonds. The van der Waals surface area contributed by atoms with Crippen molar-refractivity contribution in [2.24, 2.45) is 7.05 Å². The first-order chi connectivity index (χ1) is 17.0. The fourth-order valence-electron chi connectivity index (χ4n) is 4.62. The predicted molar refractivity (Wildman–Crippen MR) is 130 cm³/mol. The second-order valence-corrected chi connectivity index (χ2v) is 8.80. The minimum Gasteiger partial charge on any atom is -0.327 e. The van der Waals surface area contributed by atoms with Crippen LogP contribution in [0.5, 0.6) is 0 Å². The van der Waals surface area contributed by atoms with E-state index in [2.05, 4.69) is 24.2 Å². The van der Waals surface area contributed by atoms with Crippen molar-refractivity contribution in [1.82, 2.24) is 29.0 Å². The maximum Gasteiger partial charge on any atom is 0.272 e. The van der Waals surface area contributed by atoms with Crippen molar-refractivity contribution in [2.45, 2.75) is 20.0 Å². The highest BCUT2D eigenvalue weighted by molar-refractivity contribution is 5.94. The van der Waals surface area contributed by atoms with Crippen LogP contribution >= 0.6 is 0 Å². The lowest BCUT2D eigenvalue weighted by molar-refractivity contribution is 0.0738. The first-order valence-corrected chi connectivity index (χ1v) is 11.4. The highest BCUT2D eigenvalue weighted by Crippen LogP contribution is 2.32. The summed E-state index contributed by atoms with van der Waals surface area (Å²) in [5, 5.41) is 9.39. The summed E-state index contributed by atoms with van der Waals surface area (Å²) in [5.74, 6) is 0.506. The molecule has 5 aromatic rings. The van der Waals surface area contributed by atoms with E-state index in [1.165, 1.54) is 12.1 Å². The van der Waals surface area contributed by atoms with E-state index in [9.17, 15) is 9.18 Å². The summed E-state index contributed by atoms with van der Waals surface area (Å²) in [6, 6.07) is 20.0. The van der Waals surface area contributed by atoms with Crippen LogP contribution in [0.3, 0.4) is 0 Å². The van der Waals surface area contributed by atoms with E-state index < -0.39 is 0 Å². The maximum absolute atomic E-state index is 13.5. The highest BCUT2D eigenvalue weighted by atomic mass is 19.1. The standard InChI is InChI=1S/C27H23FN6O/c1-18-6-5-7-21(14-18)34-26(32-12-3-4-13-32)22-16-33(17-24(22)30-34)27(35)25-15-23(29-31(25)2)19-8-10-20(28)11-9-19/h3-15H,16-17H2,1-2H3. The summed E-state index contributed by atoms with van der Waals surface area (Å²) in [6.07, 6.45) is 3.98. The Hall–Kier alpha value is -4.46. The van der Waals surface area contributed by atoms with Gasteiger partial charge in [-0.1, -0.05) is 12.1 Å². The molecule has 0 N–H and O–H groups in total. The van der Waals surface area contributed by atoms with Crippen molar-refractivity contribution >= 4 is 5.91 Å². The molecule has 2 aromatic carbocycles. The van der Waals surface area contributed by atoms with Gasteiger partial charge in [0.2, 0.25) is 0 Å². The van der Waals surface area contributed by atoms with Crippen LogP contribution < -0.4 is 0 Å². The van der Waals surface area contributed by atoms with Gasteiger partial charge in [0, 0.05) is 30.6 Å². The molecule has 4 heterocycles. The number of carbonyl (C=O) groups excluding carboxylic acids is 1. The van der Waals surface area contributed by atoms with Gasteiger partial charge in [-0.15, -0.1) is 0 Å². The molecule has 0 atom stereocenters. The van der Waals surface area contributed by atoms with Gasteiger partial charge in [0.25, 0.3) is 5.91 Å². The first kappa shape index (κ1) is 21.1. The van der Waals surface area contributed by atoms with Crippen LogP contribution in [0, 0.1) is 12.7 Å². The molecule has 35 heavy (non-hydrogen) atoms. The van der Waals surface area contributed by atoms with Crippen molar-refractivity contribution < 1.29 is 9.18 Å². The van der Waals surface area contributed by atoms with Gasteiger partial charge in [-0.25, -0.2) is 9.07 Å². The third kappa shape index (κ3) is 3.63. The molecule has 6 rings (SSSR count). The Bertz CT molecular complexity index is 1550. The molecule has 1 aliphatic rings. The van der Waals surface area contributed by atoms with Gasteiger partial charge >= 0.3 is 0 Å². The molecule has 7 nitrogen and oxygen atoms in total. The number of aromatic nitrogens is 5. The Morgan fingerprint density at radius 1 is 0.943 bits per heavy atom. The number of hydrogen-bond acceptors (Lipinski definition) is 3. The number of amides is 1. The summed E-state index contributed by atoms with van der Waals surface area (Å²) in [7, 11) is 1.75. The Morgan fingerprint density at radius 3 is 2.46 bits per heavy atom. The Balaban J connectivity index is 1.33. The minimum atomic E-state index is -0.308. The predicted octanol–water partition coefficient (Wildman–Crippen LogP) is 4.67. The monoisotopic (exact) mass is 466 g/mol. The largest absolute Gasteiger partial charge is 0.327 e. The number of rotatable bonds is 4. The molecule has 0 bridgehead atoms. The van der Waals surface area contributed by atoms with Crippen LogP contribution in [0.25, 0.3) is 22.8 Å². The van der Waals surface area contributed by atoms with Gasteiger partial charge in [0.05, 0.1) is 30.2 Å². The smallest absolute Gasteiger partial charge is 0.272 e. The molecule has 0 aliphatic carbocycles. The van der Waals surface area contributed by atoms with Crippen LogP contribution in [-0.2, 0) is 20.1 Å². The number of nitrogens with zero attached hydrogens (tertiary/aromatic N) is 6. The quantitative estimate of drug-likeness (QED) is 0.387. The zero-order valence-electron chi connectivity index (χ0n) is 19.4. The molecule has 1 aliphatic heterocycles. The van der Waals surface area contributed by atoms with Gasteiger partial charge in [-0.05, 0) is 67.1 Å². The molecule has 0 spiro atoms. The second-order valence-electron chi connectivity index (χ2n) is 8.80. The topological polar surface area (TPSA) is 60.9 Å². The fourth-order valence-corrected chi connectivity index (χ4v) is 4.62. The summed E-state index contributed by atoms with van der Waals surface area (Å²) in [4.78, 5) is 15.3. The molecule has 8 heteroatoms. The zero-order chi connectivity index (χ0) is 24.1. The van der Waals surface area contributed by atoms with Crippen LogP contribution in [0.15, 0.2) is 79.1 Å². The number of hydrogen-bond donors (Lipinski definition) is 0. The Labute approximate surface area is 201 Å². The Kier molecular flexibility index (Phi) is 4.88. The molecule has 0 saturated heterocycles. The molecule has 0 radical (unpaired) electrons. The Morgan fingerprint density at radius 2 is 1.71 bits per heavy atom. The summed E-state index contributed by atoms with van der Waals surface area (Å²) < 4.78 is 18.9. The molecular weight excluding hydrogens is 443 g/mol. The van der Waals surface area contributed by atoms with E-state index in [-0.39, 0.29) is 11.7 Å². The molecule has 0 unspecified atom stereocenters. The maximum atomic E-state index is 13.5. The van der Waals surface area contributed by atoms with Crippen molar-refractivity contribution in [3.63, 3.8) is 0 Å². The van der Waals surface area contributed by atoms with Crippen molar-refractivity contribution in [2.75, 3.05) is 0 Å². The average Bonchev–Trinajstić information content (AvgIpc) is 3.62. The van der Waals surface area contributed by atoms with Crippen molar-refractivity contribution in [3.8, 4) is 22.8 Å². The van der Waals surface area contributed by atoms with Crippen LogP contribution in [0.2, 0.25) is 0 Å². The lowest BCUT2D eigenvalue weighted by Gasteiger charge is -2.17. The van der Waals surface area contributed by atoms with E-state index in [1.54, 1.807) is 34.8 Å². The molecule has 3 aromatic heterocycles. The van der Waals surface area contributed by atoms with E-state index in [4.69, 9.17) is 5.10 Å². The third-order valence-corrected chi connectivity index (χ3v) is 6.35. The summed E-state index contributed by atoms with van der Waals surface area (Å²) in [5.41, 5.74) is 5.91. The number of halogens is 1. The average molecular weight is 467 g/mol. The van der Waals surface area contributed by atoms with Crippen LogP contribution in [0.1, 0.15) is 27.3 Å². The molecule has 0 saturated carbocycles. The van der Waals surface area contributed by atoms with E-state index >= 15 is 0 Å². The lowest BCUT2D eigenvalue weighted by atomic mass is 10.1. The van der Waals surface area contributed by atoms with Gasteiger partial charge in [-0.2, -0.15) is 10.2 Å². The number of carbonyl (C=O) groups is 1. The zero-order valence-corrected chi connectivity index (χ0v) is 19.4. The minimum absolute atomic E-state index is 0.119. The van der Waals surface area contributed by atoms with E-state index in [0.717, 1.165) is 33.9 Å². The van der Waals surface area contributed by atoms with Gasteiger partial charge in [0.15, 0.2) is 0 Å². The molecule has 0 fully saturated rings. The van der Waals surface area contributed by atoms with Gasteiger partial charge in [-0.3, -0.25) is 9.48 Å². The SMILES string of the molecule is Cc1cccc(-n2nc3c(c2-n2cccc2)CN(C(=O)c2cc(-c4ccc(F)cc4)nn2C)C3)c1. The van der Waals surface area contributed by atoms with Gasteiger partial charge < -0.3 is 9.47 Å². The molecule has 174 valence electrons. The van der Waals surface area contributed by atoms with Crippen molar-refractivity contribution in [3.05, 3.63) is 107 Å². The molecular formula is C27H23FN6O. The van der Waals surface area contributed by atoms with Crippen LogP contribution in [-0.4, -0.2) is 34.9 Å². The van der Waals surface area contributed by atoms with Crippen LogP contribution in [0.4, 0.5) is 4.39 Å². The fraction of sp³-hybridized carbons (Fsp3) is 0.148. The summed E-state index contributed by atoms with van der Waals surface area (Å²) in [6.45, 7) is 2.92. The first-order valence-electron chi connectivity index (χ1n) is 11.4. The van der Waals surface area contributed by atoms with Gasteiger partial charge in [0.1, 0.15) is 17.3 Å².